The van der Waals surface area contributed by atoms with Crippen molar-refractivity contribution < 1.29 is 9.84 Å². The summed E-state index contributed by atoms with van der Waals surface area (Å²) in [5, 5.41) is 19.0. The van der Waals surface area contributed by atoms with Crippen LogP contribution in [-0.2, 0) is 0 Å². The van der Waals surface area contributed by atoms with Crippen LogP contribution < -0.4 is 9.64 Å². The number of H-pyrrole nitrogens is 1. The normalized spacial score (nSPS) is 14.5. The maximum atomic E-state index is 10.5. The molecule has 2 heterocycles. The molecule has 0 bridgehead atoms. The third kappa shape index (κ3) is 2.79. The van der Waals surface area contributed by atoms with E-state index in [1.54, 1.807) is 4.90 Å². The van der Waals surface area contributed by atoms with Crippen LogP contribution in [0.1, 0.15) is 19.2 Å². The summed E-state index contributed by atoms with van der Waals surface area (Å²) < 4.78 is 5.60. The molecule has 0 fully saturated rings. The van der Waals surface area contributed by atoms with Gasteiger partial charge in [0.2, 0.25) is 0 Å². The van der Waals surface area contributed by atoms with Gasteiger partial charge >= 0.3 is 0 Å². The standard InChI is InChI=1S/C20H20N4O2/c1-2-11-26-14-9-7-13(8-10-14)24-12-17(25)18(19(24)21)20-22-15-5-3-4-6-16(15)23-20/h3-10,21,25H,2,11-12H2,1H3,(H,22,23). The second-order valence-electron chi connectivity index (χ2n) is 6.20. The highest BCUT2D eigenvalue weighted by atomic mass is 16.5. The van der Waals surface area contributed by atoms with Gasteiger partial charge < -0.3 is 19.7 Å². The monoisotopic (exact) mass is 348 g/mol. The van der Waals surface area contributed by atoms with Crippen LogP contribution in [0.4, 0.5) is 5.69 Å². The number of para-hydroxylation sites is 2. The van der Waals surface area contributed by atoms with E-state index < -0.39 is 0 Å². The molecular formula is C20H20N4O2. The lowest BCUT2D eigenvalue weighted by molar-refractivity contribution is 0.317. The highest BCUT2D eigenvalue weighted by molar-refractivity contribution is 6.30. The zero-order valence-corrected chi connectivity index (χ0v) is 14.5. The maximum Gasteiger partial charge on any atom is 0.145 e. The third-order valence-corrected chi connectivity index (χ3v) is 4.35. The number of ether oxygens (including phenoxy) is 1. The number of benzene rings is 2. The second kappa shape index (κ2) is 6.55. The second-order valence-corrected chi connectivity index (χ2v) is 6.20. The summed E-state index contributed by atoms with van der Waals surface area (Å²) >= 11 is 0. The van der Waals surface area contributed by atoms with Gasteiger partial charge in [-0.15, -0.1) is 0 Å². The third-order valence-electron chi connectivity index (χ3n) is 4.35. The number of nitrogens with zero attached hydrogens (tertiary/aromatic N) is 2. The lowest BCUT2D eigenvalue weighted by atomic mass is 10.2. The van der Waals surface area contributed by atoms with E-state index in [1.807, 2.05) is 48.5 Å². The fraction of sp³-hybridized carbons (Fsp3) is 0.200. The number of nitrogens with one attached hydrogen (secondary N) is 2. The molecule has 1 aromatic heterocycles. The molecular weight excluding hydrogens is 328 g/mol. The molecule has 6 nitrogen and oxygen atoms in total. The van der Waals surface area contributed by atoms with Gasteiger partial charge in [0, 0.05) is 5.69 Å². The Bertz CT molecular complexity index is 955. The summed E-state index contributed by atoms with van der Waals surface area (Å²) in [6.45, 7) is 2.99. The van der Waals surface area contributed by atoms with Crippen molar-refractivity contribution in [1.29, 1.82) is 5.41 Å². The maximum absolute atomic E-state index is 10.5. The van der Waals surface area contributed by atoms with E-state index in [1.165, 1.54) is 0 Å². The first kappa shape index (κ1) is 16.2. The molecule has 0 amide bonds. The summed E-state index contributed by atoms with van der Waals surface area (Å²) in [7, 11) is 0. The van der Waals surface area contributed by atoms with E-state index in [2.05, 4.69) is 16.9 Å². The van der Waals surface area contributed by atoms with Crippen LogP contribution >= 0.6 is 0 Å². The number of hydrogen-bond acceptors (Lipinski definition) is 4. The molecule has 0 saturated carbocycles. The zero-order chi connectivity index (χ0) is 18.1. The summed E-state index contributed by atoms with van der Waals surface area (Å²) in [4.78, 5) is 9.45. The van der Waals surface area contributed by atoms with Gasteiger partial charge in [-0.3, -0.25) is 5.41 Å². The van der Waals surface area contributed by atoms with Crippen molar-refractivity contribution in [3.05, 3.63) is 60.1 Å². The Morgan fingerprint density at radius 1 is 1.19 bits per heavy atom. The van der Waals surface area contributed by atoms with Crippen molar-refractivity contribution in [2.45, 2.75) is 13.3 Å². The van der Waals surface area contributed by atoms with Gasteiger partial charge in [-0.2, -0.15) is 0 Å². The Morgan fingerprint density at radius 3 is 2.69 bits per heavy atom. The van der Waals surface area contributed by atoms with Gasteiger partial charge in [-0.25, -0.2) is 4.98 Å². The SMILES string of the molecule is CCCOc1ccc(N2CC(O)=C(c3nc4ccccc4[nH]3)C2=N)cc1. The lowest BCUT2D eigenvalue weighted by Crippen LogP contribution is -2.26. The van der Waals surface area contributed by atoms with Gasteiger partial charge in [0.15, 0.2) is 0 Å². The molecule has 1 aliphatic rings. The molecule has 132 valence electrons. The molecule has 26 heavy (non-hydrogen) atoms. The van der Waals surface area contributed by atoms with Crippen molar-refractivity contribution in [3.8, 4) is 5.75 Å². The largest absolute Gasteiger partial charge is 0.509 e. The van der Waals surface area contributed by atoms with Gasteiger partial charge in [0.25, 0.3) is 0 Å². The van der Waals surface area contributed by atoms with Crippen molar-refractivity contribution in [3.63, 3.8) is 0 Å². The number of aromatic nitrogens is 2. The zero-order valence-electron chi connectivity index (χ0n) is 14.5. The molecule has 4 rings (SSSR count). The Labute approximate surface area is 151 Å². The van der Waals surface area contributed by atoms with Crippen LogP contribution in [0.3, 0.4) is 0 Å². The Hall–Kier alpha value is -3.28. The predicted octanol–water partition coefficient (Wildman–Crippen LogP) is 4.12. The fourth-order valence-corrected chi connectivity index (χ4v) is 3.06. The quantitative estimate of drug-likeness (QED) is 0.647. The molecule has 0 atom stereocenters. The molecule has 0 spiro atoms. The number of aliphatic hydroxyl groups is 1. The highest BCUT2D eigenvalue weighted by Crippen LogP contribution is 2.31. The topological polar surface area (TPSA) is 85.2 Å². The van der Waals surface area contributed by atoms with E-state index in [9.17, 15) is 5.11 Å². The number of fused-ring (bicyclic) bond motifs is 1. The van der Waals surface area contributed by atoms with Crippen molar-refractivity contribution in [1.82, 2.24) is 9.97 Å². The number of anilines is 1. The van der Waals surface area contributed by atoms with Crippen molar-refractivity contribution in [2.75, 3.05) is 18.1 Å². The van der Waals surface area contributed by atoms with Crippen molar-refractivity contribution >= 4 is 28.1 Å². The summed E-state index contributed by atoms with van der Waals surface area (Å²) in [5.41, 5.74) is 2.96. The highest BCUT2D eigenvalue weighted by Gasteiger charge is 2.31. The molecule has 0 radical (unpaired) electrons. The molecule has 0 unspecified atom stereocenters. The minimum atomic E-state index is 0.139. The first-order chi connectivity index (χ1) is 12.7. The number of imidazole rings is 1. The number of rotatable bonds is 5. The fourth-order valence-electron chi connectivity index (χ4n) is 3.06. The molecule has 0 aliphatic carbocycles. The Kier molecular flexibility index (Phi) is 4.08. The molecule has 6 heteroatoms. The Morgan fingerprint density at radius 2 is 1.96 bits per heavy atom. The summed E-state index contributed by atoms with van der Waals surface area (Å²) in [5.74, 6) is 1.68. The molecule has 2 aromatic carbocycles. The molecule has 3 N–H and O–H groups in total. The number of amidine groups is 1. The first-order valence-corrected chi connectivity index (χ1v) is 8.64. The summed E-state index contributed by atoms with van der Waals surface area (Å²) in [6.07, 6.45) is 0.956. The van der Waals surface area contributed by atoms with Crippen LogP contribution in [0, 0.1) is 5.41 Å². The molecule has 0 saturated heterocycles. The van der Waals surface area contributed by atoms with Crippen LogP contribution in [0.5, 0.6) is 5.75 Å². The van der Waals surface area contributed by atoms with Crippen LogP contribution in [-0.4, -0.2) is 34.1 Å². The number of aliphatic hydroxyl groups excluding tert-OH is 1. The van der Waals surface area contributed by atoms with E-state index >= 15 is 0 Å². The number of aromatic amines is 1. The van der Waals surface area contributed by atoms with E-state index in [0.29, 0.717) is 18.0 Å². The van der Waals surface area contributed by atoms with Gasteiger partial charge in [-0.1, -0.05) is 19.1 Å². The van der Waals surface area contributed by atoms with Crippen LogP contribution in [0.2, 0.25) is 0 Å². The molecule has 1 aliphatic heterocycles. The Balaban J connectivity index is 1.59. The van der Waals surface area contributed by atoms with E-state index in [0.717, 1.165) is 28.9 Å². The first-order valence-electron chi connectivity index (χ1n) is 8.64. The van der Waals surface area contributed by atoms with Gasteiger partial charge in [0.05, 0.1) is 29.8 Å². The van der Waals surface area contributed by atoms with E-state index in [-0.39, 0.29) is 18.1 Å². The minimum Gasteiger partial charge on any atom is -0.509 e. The average Bonchev–Trinajstić information content (AvgIpc) is 3.20. The smallest absolute Gasteiger partial charge is 0.145 e. The number of hydrogen-bond donors (Lipinski definition) is 3. The van der Waals surface area contributed by atoms with Gasteiger partial charge in [-0.05, 0) is 42.8 Å². The molecule has 3 aromatic rings. The van der Waals surface area contributed by atoms with Crippen molar-refractivity contribution in [2.24, 2.45) is 0 Å². The van der Waals surface area contributed by atoms with E-state index in [4.69, 9.17) is 10.1 Å². The van der Waals surface area contributed by atoms with Crippen LogP contribution in [0.15, 0.2) is 54.3 Å². The van der Waals surface area contributed by atoms with Gasteiger partial charge in [0.1, 0.15) is 23.2 Å². The average molecular weight is 348 g/mol. The predicted molar refractivity (Wildman–Crippen MR) is 103 cm³/mol. The lowest BCUT2D eigenvalue weighted by Gasteiger charge is -2.19. The minimum absolute atomic E-state index is 0.139. The summed E-state index contributed by atoms with van der Waals surface area (Å²) in [6, 6.07) is 15.2. The van der Waals surface area contributed by atoms with Crippen LogP contribution in [0.25, 0.3) is 16.6 Å².